The van der Waals surface area contributed by atoms with Crippen molar-refractivity contribution in [1.29, 1.82) is 0 Å². The number of para-hydroxylation sites is 2. The minimum absolute atomic E-state index is 0.0316. The number of nitrogens with zero attached hydrogens (tertiary/aromatic N) is 3. The highest BCUT2D eigenvalue weighted by atomic mass is 16.2. The zero-order valence-electron chi connectivity index (χ0n) is 15.2. The van der Waals surface area contributed by atoms with Crippen molar-refractivity contribution in [2.75, 3.05) is 13.6 Å². The second-order valence-electron chi connectivity index (χ2n) is 6.23. The Bertz CT molecular complexity index is 779. The van der Waals surface area contributed by atoms with Crippen molar-refractivity contribution >= 4 is 22.8 Å². The average Bonchev–Trinajstić information content (AvgIpc) is 2.95. The van der Waals surface area contributed by atoms with E-state index < -0.39 is 0 Å². The largest absolute Gasteiger partial charge is 0.345 e. The Kier molecular flexibility index (Phi) is 6.33. The van der Waals surface area contributed by atoms with Crippen LogP contribution in [0.4, 0.5) is 0 Å². The Morgan fingerprint density at radius 3 is 2.72 bits per heavy atom. The predicted octanol–water partition coefficient (Wildman–Crippen LogP) is 2.49. The molecule has 1 aromatic heterocycles. The molecule has 0 fully saturated rings. The zero-order valence-corrected chi connectivity index (χ0v) is 15.2. The number of carbonyl (C=O) groups excluding carboxylic acids is 2. The summed E-state index contributed by atoms with van der Waals surface area (Å²) in [5.74, 6) is 0.474. The number of rotatable bonds is 8. The number of hydrogen-bond donors (Lipinski definition) is 1. The van der Waals surface area contributed by atoms with Crippen molar-refractivity contribution in [3.05, 3.63) is 42.2 Å². The lowest BCUT2D eigenvalue weighted by molar-refractivity contribution is -0.130. The molecular weight excluding hydrogens is 316 g/mol. The first kappa shape index (κ1) is 18.7. The van der Waals surface area contributed by atoms with Gasteiger partial charge in [-0.15, -0.1) is 0 Å². The summed E-state index contributed by atoms with van der Waals surface area (Å²) in [4.78, 5) is 30.6. The van der Waals surface area contributed by atoms with Crippen LogP contribution >= 0.6 is 0 Å². The summed E-state index contributed by atoms with van der Waals surface area (Å²) in [6.45, 7) is 8.59. The quantitative estimate of drug-likeness (QED) is 0.750. The molecule has 0 atom stereocenters. The van der Waals surface area contributed by atoms with Crippen molar-refractivity contribution in [2.45, 2.75) is 39.8 Å². The Morgan fingerprint density at radius 2 is 2.04 bits per heavy atom. The second-order valence-corrected chi connectivity index (χ2v) is 6.23. The molecule has 134 valence electrons. The number of unbranched alkanes of at least 4 members (excludes halogenated alkanes) is 1. The second kappa shape index (κ2) is 8.46. The molecule has 2 aromatic rings. The van der Waals surface area contributed by atoms with Crippen molar-refractivity contribution in [3.8, 4) is 0 Å². The van der Waals surface area contributed by atoms with Gasteiger partial charge in [0.15, 0.2) is 0 Å². The van der Waals surface area contributed by atoms with E-state index in [0.717, 1.165) is 30.4 Å². The van der Waals surface area contributed by atoms with E-state index in [9.17, 15) is 9.59 Å². The van der Waals surface area contributed by atoms with E-state index in [1.165, 1.54) is 0 Å². The minimum atomic E-state index is -0.218. The summed E-state index contributed by atoms with van der Waals surface area (Å²) in [5, 5.41) is 2.79. The SMILES string of the molecule is C=C(C)C(=O)NCc1nc2ccccc2n1CC(=O)N(C)CCCC. The number of imidazole rings is 1. The van der Waals surface area contributed by atoms with Crippen molar-refractivity contribution in [2.24, 2.45) is 0 Å². The third-order valence-corrected chi connectivity index (χ3v) is 4.09. The summed E-state index contributed by atoms with van der Waals surface area (Å²) in [5.41, 5.74) is 2.14. The Hall–Kier alpha value is -2.63. The van der Waals surface area contributed by atoms with Crippen LogP contribution in [-0.2, 0) is 22.7 Å². The minimum Gasteiger partial charge on any atom is -0.345 e. The van der Waals surface area contributed by atoms with Crippen LogP contribution in [0.15, 0.2) is 36.4 Å². The molecule has 0 aliphatic carbocycles. The van der Waals surface area contributed by atoms with Gasteiger partial charge in [0.2, 0.25) is 11.8 Å². The summed E-state index contributed by atoms with van der Waals surface area (Å²) < 4.78 is 1.87. The molecule has 0 bridgehead atoms. The van der Waals surface area contributed by atoms with Crippen LogP contribution in [0.1, 0.15) is 32.5 Å². The molecule has 1 heterocycles. The van der Waals surface area contributed by atoms with Crippen molar-refractivity contribution in [1.82, 2.24) is 19.8 Å². The van der Waals surface area contributed by atoms with Gasteiger partial charge in [0.05, 0.1) is 17.6 Å². The first-order chi connectivity index (χ1) is 11.9. The number of hydrogen-bond acceptors (Lipinski definition) is 3. The lowest BCUT2D eigenvalue weighted by Crippen LogP contribution is -2.32. The normalized spacial score (nSPS) is 10.7. The molecule has 0 aliphatic rings. The standard InChI is InChI=1S/C19H26N4O2/c1-5-6-11-22(4)18(24)13-23-16-10-8-7-9-15(16)21-17(23)12-20-19(25)14(2)3/h7-10H,2,5-6,11-13H2,1,3-4H3,(H,20,25). The molecule has 2 rings (SSSR count). The molecule has 25 heavy (non-hydrogen) atoms. The van der Waals surface area contributed by atoms with E-state index in [0.29, 0.717) is 11.4 Å². The lowest BCUT2D eigenvalue weighted by Gasteiger charge is -2.18. The molecule has 1 N–H and O–H groups in total. The van der Waals surface area contributed by atoms with E-state index in [-0.39, 0.29) is 24.9 Å². The van der Waals surface area contributed by atoms with E-state index >= 15 is 0 Å². The Balaban J connectivity index is 2.23. The monoisotopic (exact) mass is 342 g/mol. The maximum absolute atomic E-state index is 12.5. The van der Waals surface area contributed by atoms with E-state index in [1.54, 1.807) is 11.8 Å². The third kappa shape index (κ3) is 4.68. The van der Waals surface area contributed by atoms with Gasteiger partial charge in [-0.05, 0) is 25.5 Å². The van der Waals surface area contributed by atoms with Crippen LogP contribution in [0.5, 0.6) is 0 Å². The molecule has 0 aliphatic heterocycles. The fraction of sp³-hybridized carbons (Fsp3) is 0.421. The summed E-state index contributed by atoms with van der Waals surface area (Å²) in [6, 6.07) is 7.67. The number of nitrogens with one attached hydrogen (secondary N) is 1. The number of aromatic nitrogens is 2. The first-order valence-electron chi connectivity index (χ1n) is 8.55. The highest BCUT2D eigenvalue weighted by molar-refractivity contribution is 5.92. The van der Waals surface area contributed by atoms with Gasteiger partial charge in [-0.2, -0.15) is 0 Å². The van der Waals surface area contributed by atoms with E-state index in [1.807, 2.05) is 35.9 Å². The van der Waals surface area contributed by atoms with Crippen LogP contribution in [0.25, 0.3) is 11.0 Å². The molecule has 0 radical (unpaired) electrons. The van der Waals surface area contributed by atoms with Crippen molar-refractivity contribution < 1.29 is 9.59 Å². The maximum atomic E-state index is 12.5. The first-order valence-corrected chi connectivity index (χ1v) is 8.55. The van der Waals surface area contributed by atoms with Gasteiger partial charge < -0.3 is 14.8 Å². The topological polar surface area (TPSA) is 67.2 Å². The summed E-state index contributed by atoms with van der Waals surface area (Å²) >= 11 is 0. The fourth-order valence-corrected chi connectivity index (χ4v) is 2.52. The number of amides is 2. The van der Waals surface area contributed by atoms with Gasteiger partial charge in [0.1, 0.15) is 12.4 Å². The third-order valence-electron chi connectivity index (χ3n) is 4.09. The molecule has 1 aromatic carbocycles. The van der Waals surface area contributed by atoms with Crippen LogP contribution in [0.2, 0.25) is 0 Å². The van der Waals surface area contributed by atoms with Crippen molar-refractivity contribution in [3.63, 3.8) is 0 Å². The number of benzene rings is 1. The van der Waals surface area contributed by atoms with Gasteiger partial charge in [-0.1, -0.05) is 32.1 Å². The molecule has 2 amide bonds. The van der Waals surface area contributed by atoms with Crippen LogP contribution in [0, 0.1) is 0 Å². The van der Waals surface area contributed by atoms with E-state index in [4.69, 9.17) is 0 Å². The van der Waals surface area contributed by atoms with Crippen LogP contribution in [0.3, 0.4) is 0 Å². The van der Waals surface area contributed by atoms with Crippen LogP contribution in [-0.4, -0.2) is 39.9 Å². The fourth-order valence-electron chi connectivity index (χ4n) is 2.52. The molecule has 6 heteroatoms. The van der Waals surface area contributed by atoms with Gasteiger partial charge >= 0.3 is 0 Å². The number of fused-ring (bicyclic) bond motifs is 1. The average molecular weight is 342 g/mol. The molecule has 0 saturated carbocycles. The van der Waals surface area contributed by atoms with Crippen LogP contribution < -0.4 is 5.32 Å². The summed E-state index contributed by atoms with van der Waals surface area (Å²) in [7, 11) is 1.82. The summed E-state index contributed by atoms with van der Waals surface area (Å²) in [6.07, 6.45) is 2.03. The highest BCUT2D eigenvalue weighted by Crippen LogP contribution is 2.16. The molecule has 0 unspecified atom stereocenters. The van der Waals surface area contributed by atoms with Gasteiger partial charge in [-0.25, -0.2) is 4.98 Å². The van der Waals surface area contributed by atoms with Gasteiger partial charge in [0, 0.05) is 19.2 Å². The zero-order chi connectivity index (χ0) is 18.4. The maximum Gasteiger partial charge on any atom is 0.246 e. The smallest absolute Gasteiger partial charge is 0.246 e. The molecular formula is C19H26N4O2. The van der Waals surface area contributed by atoms with E-state index in [2.05, 4.69) is 23.8 Å². The Labute approximate surface area is 148 Å². The predicted molar refractivity (Wildman–Crippen MR) is 98.9 cm³/mol. The molecule has 0 spiro atoms. The number of carbonyl (C=O) groups is 2. The van der Waals surface area contributed by atoms with Gasteiger partial charge in [0.25, 0.3) is 0 Å². The number of likely N-dealkylation sites (N-methyl/N-ethyl adjacent to an activating group) is 1. The van der Waals surface area contributed by atoms with Gasteiger partial charge in [-0.3, -0.25) is 9.59 Å². The molecule has 0 saturated heterocycles. The highest BCUT2D eigenvalue weighted by Gasteiger charge is 2.16. The Morgan fingerprint density at radius 1 is 1.32 bits per heavy atom. The lowest BCUT2D eigenvalue weighted by atomic mass is 10.3. The molecule has 6 nitrogen and oxygen atoms in total.